The van der Waals surface area contributed by atoms with E-state index in [9.17, 15) is 4.79 Å². The van der Waals surface area contributed by atoms with E-state index in [-0.39, 0.29) is 5.91 Å². The molecule has 0 atom stereocenters. The maximum absolute atomic E-state index is 12.6. The molecule has 3 aromatic heterocycles. The van der Waals surface area contributed by atoms with Gasteiger partial charge < -0.3 is 10.2 Å². The van der Waals surface area contributed by atoms with Crippen LogP contribution in [0.5, 0.6) is 0 Å². The first-order valence-corrected chi connectivity index (χ1v) is 7.60. The standard InChI is InChI=1S/C15H15N9O/c1-10-12(9-24-15(22(10)2)19-20-21-24)14(25)18-11-4-5-13(16-8-11)23-7-3-6-17-23/h3-8H,9H2,1-2H3,(H,18,25). The summed E-state index contributed by atoms with van der Waals surface area (Å²) in [5.41, 5.74) is 2.01. The molecule has 0 unspecified atom stereocenters. The number of aromatic nitrogens is 7. The highest BCUT2D eigenvalue weighted by Gasteiger charge is 2.26. The Morgan fingerprint density at radius 3 is 2.92 bits per heavy atom. The minimum absolute atomic E-state index is 0.209. The molecule has 0 fully saturated rings. The molecule has 0 aliphatic carbocycles. The van der Waals surface area contributed by atoms with E-state index in [4.69, 9.17) is 0 Å². The summed E-state index contributed by atoms with van der Waals surface area (Å²) in [6.45, 7) is 2.19. The molecule has 0 saturated carbocycles. The molecule has 0 bridgehead atoms. The highest BCUT2D eigenvalue weighted by atomic mass is 16.1. The summed E-state index contributed by atoms with van der Waals surface area (Å²) in [6.07, 6.45) is 5.08. The minimum atomic E-state index is -0.209. The van der Waals surface area contributed by atoms with Gasteiger partial charge in [-0.25, -0.2) is 14.3 Å². The van der Waals surface area contributed by atoms with Crippen molar-refractivity contribution in [2.45, 2.75) is 13.5 Å². The first kappa shape index (κ1) is 15.0. The van der Waals surface area contributed by atoms with Gasteiger partial charge in [0.2, 0.25) is 5.95 Å². The fourth-order valence-electron chi connectivity index (χ4n) is 2.60. The Morgan fingerprint density at radius 1 is 1.32 bits per heavy atom. The second kappa shape index (κ2) is 5.82. The maximum atomic E-state index is 12.6. The quantitative estimate of drug-likeness (QED) is 0.746. The van der Waals surface area contributed by atoms with Crippen LogP contribution in [0.3, 0.4) is 0 Å². The second-order valence-corrected chi connectivity index (χ2v) is 5.57. The number of pyridine rings is 1. The minimum Gasteiger partial charge on any atom is -0.321 e. The van der Waals surface area contributed by atoms with Gasteiger partial charge in [-0.05, 0) is 35.5 Å². The Morgan fingerprint density at radius 2 is 2.20 bits per heavy atom. The number of carbonyl (C=O) groups is 1. The Labute approximate surface area is 142 Å². The van der Waals surface area contributed by atoms with Gasteiger partial charge >= 0.3 is 0 Å². The number of tetrazole rings is 1. The zero-order chi connectivity index (χ0) is 17.4. The molecule has 1 aliphatic rings. The molecule has 25 heavy (non-hydrogen) atoms. The molecule has 0 spiro atoms. The first-order chi connectivity index (χ1) is 12.1. The van der Waals surface area contributed by atoms with Crippen molar-refractivity contribution in [2.24, 2.45) is 0 Å². The summed E-state index contributed by atoms with van der Waals surface area (Å²) in [4.78, 5) is 18.7. The van der Waals surface area contributed by atoms with E-state index in [0.717, 1.165) is 5.70 Å². The van der Waals surface area contributed by atoms with Crippen LogP contribution in [0.25, 0.3) is 5.82 Å². The summed E-state index contributed by atoms with van der Waals surface area (Å²) < 4.78 is 3.23. The number of hydrogen-bond donors (Lipinski definition) is 1. The lowest BCUT2D eigenvalue weighted by Gasteiger charge is -2.26. The predicted molar refractivity (Wildman–Crippen MR) is 88.9 cm³/mol. The predicted octanol–water partition coefficient (Wildman–Crippen LogP) is 0.616. The third-order valence-electron chi connectivity index (χ3n) is 4.08. The molecule has 3 aromatic rings. The lowest BCUT2D eigenvalue weighted by molar-refractivity contribution is -0.113. The van der Waals surface area contributed by atoms with Gasteiger partial charge in [-0.15, -0.1) is 0 Å². The number of allylic oxidation sites excluding steroid dienone is 1. The molecule has 126 valence electrons. The van der Waals surface area contributed by atoms with Gasteiger partial charge in [-0.1, -0.05) is 5.10 Å². The summed E-state index contributed by atoms with van der Waals surface area (Å²) in [6, 6.07) is 5.39. The van der Waals surface area contributed by atoms with Crippen LogP contribution in [0.4, 0.5) is 11.6 Å². The Kier molecular flexibility index (Phi) is 3.49. The summed E-state index contributed by atoms with van der Waals surface area (Å²) >= 11 is 0. The molecule has 10 heteroatoms. The van der Waals surface area contributed by atoms with Gasteiger partial charge in [-0.2, -0.15) is 5.10 Å². The Hall–Kier alpha value is -3.56. The number of anilines is 2. The van der Waals surface area contributed by atoms with Gasteiger partial charge in [0, 0.05) is 25.1 Å². The van der Waals surface area contributed by atoms with Gasteiger partial charge in [-0.3, -0.25) is 4.79 Å². The van der Waals surface area contributed by atoms with E-state index >= 15 is 0 Å². The number of hydrogen-bond acceptors (Lipinski definition) is 7. The third kappa shape index (κ3) is 2.63. The average molecular weight is 337 g/mol. The molecule has 1 aliphatic heterocycles. The van der Waals surface area contributed by atoms with E-state index in [2.05, 4.69) is 30.9 Å². The van der Waals surface area contributed by atoms with Crippen molar-refractivity contribution in [3.05, 3.63) is 48.1 Å². The molecule has 4 rings (SSSR count). The number of fused-ring (bicyclic) bond motifs is 1. The first-order valence-electron chi connectivity index (χ1n) is 7.60. The maximum Gasteiger partial charge on any atom is 0.255 e. The molecular weight excluding hydrogens is 322 g/mol. The van der Waals surface area contributed by atoms with Gasteiger partial charge in [0.1, 0.15) is 0 Å². The molecule has 4 heterocycles. The van der Waals surface area contributed by atoms with Crippen molar-refractivity contribution in [3.8, 4) is 5.82 Å². The van der Waals surface area contributed by atoms with Crippen molar-refractivity contribution in [2.75, 3.05) is 17.3 Å². The van der Waals surface area contributed by atoms with Crippen LogP contribution in [0, 0.1) is 0 Å². The zero-order valence-corrected chi connectivity index (χ0v) is 13.7. The van der Waals surface area contributed by atoms with E-state index < -0.39 is 0 Å². The lowest BCUT2D eigenvalue weighted by atomic mass is 10.1. The summed E-state index contributed by atoms with van der Waals surface area (Å²) in [5.74, 6) is 1.08. The monoisotopic (exact) mass is 337 g/mol. The van der Waals surface area contributed by atoms with Crippen LogP contribution in [-0.4, -0.2) is 47.9 Å². The SMILES string of the molecule is CC1=C(C(=O)Nc2ccc(-n3cccn3)nc2)Cn2nnnc2N1C. The topological polar surface area (TPSA) is 107 Å². The fraction of sp³-hybridized carbons (Fsp3) is 0.200. The van der Waals surface area contributed by atoms with E-state index in [1.165, 1.54) is 0 Å². The zero-order valence-electron chi connectivity index (χ0n) is 13.7. The highest BCUT2D eigenvalue weighted by molar-refractivity contribution is 6.04. The second-order valence-electron chi connectivity index (χ2n) is 5.57. The lowest BCUT2D eigenvalue weighted by Crippen LogP contribution is -2.32. The molecule has 10 nitrogen and oxygen atoms in total. The molecular formula is C15H15N9O. The van der Waals surface area contributed by atoms with E-state index in [1.54, 1.807) is 45.0 Å². The number of rotatable bonds is 3. The fourth-order valence-corrected chi connectivity index (χ4v) is 2.60. The molecule has 0 saturated heterocycles. The number of amides is 1. The van der Waals surface area contributed by atoms with Crippen molar-refractivity contribution >= 4 is 17.5 Å². The van der Waals surface area contributed by atoms with Crippen LogP contribution in [-0.2, 0) is 11.3 Å². The third-order valence-corrected chi connectivity index (χ3v) is 4.08. The number of carbonyl (C=O) groups excluding carboxylic acids is 1. The van der Waals surface area contributed by atoms with E-state index in [1.807, 2.05) is 20.0 Å². The van der Waals surface area contributed by atoms with Gasteiger partial charge in [0.25, 0.3) is 5.91 Å². The molecule has 1 amide bonds. The van der Waals surface area contributed by atoms with E-state index in [0.29, 0.717) is 29.6 Å². The molecule has 0 radical (unpaired) electrons. The largest absolute Gasteiger partial charge is 0.321 e. The average Bonchev–Trinajstić information content (AvgIpc) is 3.30. The van der Waals surface area contributed by atoms with Crippen LogP contribution < -0.4 is 10.2 Å². The Bertz CT molecular complexity index is 940. The van der Waals surface area contributed by atoms with Crippen molar-refractivity contribution < 1.29 is 4.79 Å². The highest BCUT2D eigenvalue weighted by Crippen LogP contribution is 2.24. The van der Waals surface area contributed by atoms with Crippen LogP contribution in [0.2, 0.25) is 0 Å². The van der Waals surface area contributed by atoms with Crippen LogP contribution in [0.15, 0.2) is 48.1 Å². The van der Waals surface area contributed by atoms with Crippen molar-refractivity contribution in [1.82, 2.24) is 35.0 Å². The smallest absolute Gasteiger partial charge is 0.255 e. The van der Waals surface area contributed by atoms with Gasteiger partial charge in [0.05, 0.1) is 24.0 Å². The molecule has 0 aromatic carbocycles. The van der Waals surface area contributed by atoms with Gasteiger partial charge in [0.15, 0.2) is 5.82 Å². The van der Waals surface area contributed by atoms with Crippen molar-refractivity contribution in [3.63, 3.8) is 0 Å². The normalized spacial score (nSPS) is 13.8. The summed E-state index contributed by atoms with van der Waals surface area (Å²) in [5, 5.41) is 18.5. The molecule has 1 N–H and O–H groups in total. The Balaban J connectivity index is 1.53. The number of nitrogens with zero attached hydrogens (tertiary/aromatic N) is 8. The van der Waals surface area contributed by atoms with Crippen LogP contribution >= 0.6 is 0 Å². The summed E-state index contributed by atoms with van der Waals surface area (Å²) in [7, 11) is 1.82. The number of nitrogens with one attached hydrogen (secondary N) is 1. The van der Waals surface area contributed by atoms with Crippen molar-refractivity contribution in [1.29, 1.82) is 0 Å². The van der Waals surface area contributed by atoms with Crippen LogP contribution in [0.1, 0.15) is 6.92 Å².